The van der Waals surface area contributed by atoms with E-state index in [0.29, 0.717) is 24.6 Å². The highest BCUT2D eigenvalue weighted by Crippen LogP contribution is 2.07. The van der Waals surface area contributed by atoms with Crippen molar-refractivity contribution >= 4 is 11.7 Å². The Kier molecular flexibility index (Phi) is 3.79. The highest BCUT2D eigenvalue weighted by molar-refractivity contribution is 5.72. The number of nitrogens with one attached hydrogen (secondary N) is 1. The lowest BCUT2D eigenvalue weighted by Crippen LogP contribution is -2.20. The predicted molar refractivity (Wildman–Crippen MR) is 57.9 cm³/mol. The van der Waals surface area contributed by atoms with Gasteiger partial charge in [0.1, 0.15) is 11.6 Å². The van der Waals surface area contributed by atoms with Crippen molar-refractivity contribution in [2.45, 2.75) is 19.9 Å². The number of hydrogen-bond donors (Lipinski definition) is 2. The van der Waals surface area contributed by atoms with Crippen LogP contribution in [0.4, 0.5) is 5.82 Å². The average molecular weight is 206 g/mol. The van der Waals surface area contributed by atoms with E-state index in [4.69, 9.17) is 5.73 Å². The number of allylic oxidation sites excluding steroid dienone is 1. The summed E-state index contributed by atoms with van der Waals surface area (Å²) in [5.74, 6) is 0.925. The molecule has 1 aromatic heterocycles. The predicted octanol–water partition coefficient (Wildman–Crippen LogP) is 0.423. The number of nitrogens with two attached hydrogens (primary N) is 1. The Hall–Kier alpha value is -1.91. The lowest BCUT2D eigenvalue weighted by atomic mass is 10.3. The Morgan fingerprint density at radius 3 is 3.00 bits per heavy atom. The number of hydrogen-bond acceptors (Lipinski definition) is 4. The normalized spacial score (nSPS) is 9.67. The summed E-state index contributed by atoms with van der Waals surface area (Å²) in [7, 11) is 0. The molecule has 0 spiro atoms. The molecule has 5 heteroatoms. The number of nitrogen functional groups attached to an aromatic ring is 1. The molecule has 0 aliphatic rings. The second-order valence-corrected chi connectivity index (χ2v) is 3.10. The Morgan fingerprint density at radius 1 is 1.73 bits per heavy atom. The second kappa shape index (κ2) is 5.09. The maximum absolute atomic E-state index is 10.7. The monoisotopic (exact) mass is 206 g/mol. The zero-order valence-electron chi connectivity index (χ0n) is 8.66. The Bertz CT molecular complexity index is 376. The molecule has 0 aliphatic carbocycles. The minimum Gasteiger partial charge on any atom is -0.383 e. The van der Waals surface area contributed by atoms with E-state index in [1.165, 1.54) is 6.92 Å². The van der Waals surface area contributed by atoms with Crippen molar-refractivity contribution in [3.8, 4) is 0 Å². The smallest absolute Gasteiger partial charge is 0.217 e. The molecule has 0 unspecified atom stereocenters. The fraction of sp³-hybridized carbons (Fsp3) is 0.300. The molecule has 3 N–H and O–H groups in total. The fourth-order valence-electron chi connectivity index (χ4n) is 1.04. The maximum atomic E-state index is 10.7. The van der Waals surface area contributed by atoms with Gasteiger partial charge < -0.3 is 11.1 Å². The van der Waals surface area contributed by atoms with Gasteiger partial charge in [-0.15, -0.1) is 6.58 Å². The lowest BCUT2D eigenvalue weighted by molar-refractivity contribution is -0.119. The van der Waals surface area contributed by atoms with E-state index in [1.54, 1.807) is 12.3 Å². The molecule has 0 saturated heterocycles. The number of carbonyl (C=O) groups is 1. The van der Waals surface area contributed by atoms with Crippen LogP contribution in [0.3, 0.4) is 0 Å². The summed E-state index contributed by atoms with van der Waals surface area (Å²) >= 11 is 0. The van der Waals surface area contributed by atoms with Crippen LogP contribution in [-0.4, -0.2) is 15.9 Å². The summed E-state index contributed by atoms with van der Waals surface area (Å²) in [6.45, 7) is 5.39. The molecule has 1 heterocycles. The summed E-state index contributed by atoms with van der Waals surface area (Å²) in [6.07, 6.45) is 3.92. The van der Waals surface area contributed by atoms with Crippen LogP contribution in [0.2, 0.25) is 0 Å². The van der Waals surface area contributed by atoms with Gasteiger partial charge in [-0.1, -0.05) is 6.08 Å². The summed E-state index contributed by atoms with van der Waals surface area (Å²) in [6, 6.07) is 0. The molecule has 1 rings (SSSR count). The molecule has 15 heavy (non-hydrogen) atoms. The molecule has 0 bridgehead atoms. The van der Waals surface area contributed by atoms with Crippen LogP contribution in [-0.2, 0) is 17.8 Å². The van der Waals surface area contributed by atoms with Gasteiger partial charge in [-0.3, -0.25) is 4.79 Å². The van der Waals surface area contributed by atoms with E-state index < -0.39 is 0 Å². The van der Waals surface area contributed by atoms with Crippen molar-refractivity contribution in [3.05, 3.63) is 30.2 Å². The highest BCUT2D eigenvalue weighted by Gasteiger charge is 2.03. The van der Waals surface area contributed by atoms with Crippen LogP contribution in [0.1, 0.15) is 18.3 Å². The van der Waals surface area contributed by atoms with E-state index in [-0.39, 0.29) is 5.91 Å². The first kappa shape index (κ1) is 11.2. The first-order valence-corrected chi connectivity index (χ1v) is 4.59. The molecule has 0 atom stereocenters. The zero-order chi connectivity index (χ0) is 11.3. The van der Waals surface area contributed by atoms with E-state index in [1.807, 2.05) is 0 Å². The minimum absolute atomic E-state index is 0.107. The quantitative estimate of drug-likeness (QED) is 0.700. The molecule has 5 nitrogen and oxygen atoms in total. The number of carbonyl (C=O) groups excluding carboxylic acids is 1. The van der Waals surface area contributed by atoms with Crippen LogP contribution in [0.5, 0.6) is 0 Å². The van der Waals surface area contributed by atoms with Crippen molar-refractivity contribution in [2.24, 2.45) is 0 Å². The Balaban J connectivity index is 2.74. The van der Waals surface area contributed by atoms with Gasteiger partial charge >= 0.3 is 0 Å². The third-order valence-electron chi connectivity index (χ3n) is 1.80. The molecular weight excluding hydrogens is 192 g/mol. The molecule has 0 fully saturated rings. The van der Waals surface area contributed by atoms with Gasteiger partial charge in [0.15, 0.2) is 0 Å². The van der Waals surface area contributed by atoms with Gasteiger partial charge in [0.05, 0.1) is 0 Å². The van der Waals surface area contributed by atoms with E-state index >= 15 is 0 Å². The minimum atomic E-state index is -0.107. The van der Waals surface area contributed by atoms with Crippen LogP contribution in [0.25, 0.3) is 0 Å². The van der Waals surface area contributed by atoms with Gasteiger partial charge in [0.2, 0.25) is 5.91 Å². The van der Waals surface area contributed by atoms with Crippen LogP contribution in [0.15, 0.2) is 18.9 Å². The van der Waals surface area contributed by atoms with Gasteiger partial charge in [-0.2, -0.15) is 0 Å². The van der Waals surface area contributed by atoms with Gasteiger partial charge in [0.25, 0.3) is 0 Å². The lowest BCUT2D eigenvalue weighted by Gasteiger charge is -2.05. The topological polar surface area (TPSA) is 80.9 Å². The SMILES string of the molecule is C=CCc1ncc(CNC(C)=O)c(N)n1. The molecule has 0 aliphatic heterocycles. The molecule has 1 aromatic rings. The first-order valence-electron chi connectivity index (χ1n) is 4.59. The Morgan fingerprint density at radius 2 is 2.47 bits per heavy atom. The maximum Gasteiger partial charge on any atom is 0.217 e. The van der Waals surface area contributed by atoms with Gasteiger partial charge in [-0.05, 0) is 0 Å². The van der Waals surface area contributed by atoms with Crippen molar-refractivity contribution in [3.63, 3.8) is 0 Å². The van der Waals surface area contributed by atoms with Crippen LogP contribution < -0.4 is 11.1 Å². The number of nitrogens with zero attached hydrogens (tertiary/aromatic N) is 2. The van der Waals surface area contributed by atoms with Crippen molar-refractivity contribution < 1.29 is 4.79 Å². The molecule has 1 amide bonds. The van der Waals surface area contributed by atoms with E-state index in [0.717, 1.165) is 5.56 Å². The summed E-state index contributed by atoms with van der Waals surface area (Å²) < 4.78 is 0. The molecular formula is C10H14N4O. The van der Waals surface area contributed by atoms with E-state index in [2.05, 4.69) is 21.9 Å². The first-order chi connectivity index (χ1) is 7.13. The summed E-state index contributed by atoms with van der Waals surface area (Å²) in [5.41, 5.74) is 6.42. The largest absolute Gasteiger partial charge is 0.383 e. The van der Waals surface area contributed by atoms with Crippen molar-refractivity contribution in [2.75, 3.05) is 5.73 Å². The summed E-state index contributed by atoms with van der Waals surface area (Å²) in [5, 5.41) is 2.64. The molecule has 0 saturated carbocycles. The fourth-order valence-corrected chi connectivity index (χ4v) is 1.04. The third kappa shape index (κ3) is 3.38. The number of amides is 1. The average Bonchev–Trinajstić information content (AvgIpc) is 2.17. The van der Waals surface area contributed by atoms with Crippen LogP contribution in [0, 0.1) is 0 Å². The number of rotatable bonds is 4. The van der Waals surface area contributed by atoms with Crippen LogP contribution >= 0.6 is 0 Å². The summed E-state index contributed by atoms with van der Waals surface area (Å²) in [4.78, 5) is 18.9. The van der Waals surface area contributed by atoms with Crippen molar-refractivity contribution in [1.29, 1.82) is 0 Å². The second-order valence-electron chi connectivity index (χ2n) is 3.10. The zero-order valence-corrected chi connectivity index (χ0v) is 8.66. The number of anilines is 1. The highest BCUT2D eigenvalue weighted by atomic mass is 16.1. The Labute approximate surface area is 88.4 Å². The van der Waals surface area contributed by atoms with Gasteiger partial charge in [-0.25, -0.2) is 9.97 Å². The molecule has 0 radical (unpaired) electrons. The van der Waals surface area contributed by atoms with Gasteiger partial charge in [0, 0.05) is 31.6 Å². The van der Waals surface area contributed by atoms with E-state index in [9.17, 15) is 4.79 Å². The standard InChI is InChI=1S/C10H14N4O/c1-3-4-9-13-6-8(10(11)14-9)5-12-7(2)15/h3,6H,1,4-5H2,2H3,(H,12,15)(H2,11,13,14). The molecule has 80 valence electrons. The number of aromatic nitrogens is 2. The molecule has 0 aromatic carbocycles. The van der Waals surface area contributed by atoms with Crippen molar-refractivity contribution in [1.82, 2.24) is 15.3 Å². The third-order valence-corrected chi connectivity index (χ3v) is 1.80.